The van der Waals surface area contributed by atoms with Gasteiger partial charge in [-0.05, 0) is 59.0 Å². The van der Waals surface area contributed by atoms with E-state index < -0.39 is 5.41 Å². The zero-order valence-corrected chi connectivity index (χ0v) is 14.5. The Labute approximate surface area is 138 Å². The molecule has 0 aliphatic carbocycles. The summed E-state index contributed by atoms with van der Waals surface area (Å²) in [7, 11) is 3.68. The Hall–Kier alpha value is -1.82. The summed E-state index contributed by atoms with van der Waals surface area (Å²) in [6.07, 6.45) is 3.63. The second kappa shape index (κ2) is 7.64. The quantitative estimate of drug-likeness (QED) is 0.864. The van der Waals surface area contributed by atoms with E-state index >= 15 is 0 Å². The van der Waals surface area contributed by atoms with Crippen molar-refractivity contribution in [3.8, 4) is 11.6 Å². The van der Waals surface area contributed by atoms with Crippen molar-refractivity contribution >= 4 is 5.91 Å². The molecule has 0 unspecified atom stereocenters. The first-order valence-electron chi connectivity index (χ1n) is 8.03. The van der Waals surface area contributed by atoms with E-state index in [1.165, 1.54) is 0 Å². The van der Waals surface area contributed by atoms with E-state index in [0.717, 1.165) is 25.9 Å². The van der Waals surface area contributed by atoms with Gasteiger partial charge in [0.25, 0.3) is 5.88 Å². The number of nitrogens with zero attached hydrogens (tertiary/aromatic N) is 2. The lowest BCUT2D eigenvalue weighted by atomic mass is 9.92. The number of piperidine rings is 1. The van der Waals surface area contributed by atoms with Crippen LogP contribution >= 0.6 is 0 Å². The first-order chi connectivity index (χ1) is 10.9. The van der Waals surface area contributed by atoms with Crippen LogP contribution < -0.4 is 14.8 Å². The minimum Gasteiger partial charge on any atom is -0.491 e. The molecule has 1 aromatic heterocycles. The summed E-state index contributed by atoms with van der Waals surface area (Å²) in [5.41, 5.74) is -0.633. The highest BCUT2D eigenvalue weighted by Crippen LogP contribution is 2.26. The molecule has 0 bridgehead atoms. The molecule has 0 radical (unpaired) electrons. The maximum atomic E-state index is 12.5. The second-order valence-corrected chi connectivity index (χ2v) is 6.73. The molecule has 1 aromatic rings. The summed E-state index contributed by atoms with van der Waals surface area (Å²) in [4.78, 5) is 19.0. The fraction of sp³-hybridized carbons (Fsp3) is 0.647. The van der Waals surface area contributed by atoms with Gasteiger partial charge in [-0.3, -0.25) is 4.79 Å². The third kappa shape index (κ3) is 4.82. The summed E-state index contributed by atoms with van der Waals surface area (Å²) >= 11 is 0. The number of rotatable bonds is 6. The van der Waals surface area contributed by atoms with Gasteiger partial charge in [-0.15, -0.1) is 0 Å². The number of amides is 1. The maximum absolute atomic E-state index is 12.5. The molecule has 128 valence electrons. The number of hydrogen-bond donors (Lipinski definition) is 1. The highest BCUT2D eigenvalue weighted by Gasteiger charge is 2.31. The Morgan fingerprint density at radius 2 is 2.13 bits per heavy atom. The minimum atomic E-state index is -0.633. The Morgan fingerprint density at radius 3 is 2.78 bits per heavy atom. The average Bonchev–Trinajstić information content (AvgIpc) is 2.55. The molecule has 6 heteroatoms. The van der Waals surface area contributed by atoms with Crippen LogP contribution in [0.1, 0.15) is 26.7 Å². The molecular formula is C17H27N3O3. The maximum Gasteiger partial charge on any atom is 0.256 e. The van der Waals surface area contributed by atoms with Crippen LogP contribution in [-0.2, 0) is 4.79 Å². The SMILES string of the molecule is COc1cccnc1OCC(C)(C)C(=O)NC1CCN(C)CC1. The second-order valence-electron chi connectivity index (χ2n) is 6.73. The number of carbonyl (C=O) groups excluding carboxylic acids is 1. The van der Waals surface area contributed by atoms with E-state index in [1.807, 2.05) is 13.8 Å². The molecule has 0 saturated carbocycles. The topological polar surface area (TPSA) is 63.7 Å². The van der Waals surface area contributed by atoms with Crippen LogP contribution in [0.4, 0.5) is 0 Å². The normalized spacial score (nSPS) is 16.9. The number of likely N-dealkylation sites (tertiary alicyclic amines) is 1. The van der Waals surface area contributed by atoms with Crippen LogP contribution in [0, 0.1) is 5.41 Å². The van der Waals surface area contributed by atoms with Crippen LogP contribution in [0.2, 0.25) is 0 Å². The van der Waals surface area contributed by atoms with Crippen molar-refractivity contribution in [3.05, 3.63) is 18.3 Å². The van der Waals surface area contributed by atoms with Gasteiger partial charge in [0.2, 0.25) is 5.91 Å². The Balaban J connectivity index is 1.88. The number of pyridine rings is 1. The van der Waals surface area contributed by atoms with Crippen molar-refractivity contribution in [1.29, 1.82) is 0 Å². The van der Waals surface area contributed by atoms with Crippen LogP contribution in [0.25, 0.3) is 0 Å². The van der Waals surface area contributed by atoms with E-state index in [9.17, 15) is 4.79 Å². The number of aromatic nitrogens is 1. The van der Waals surface area contributed by atoms with Crippen molar-refractivity contribution < 1.29 is 14.3 Å². The van der Waals surface area contributed by atoms with Crippen molar-refractivity contribution in [2.75, 3.05) is 33.9 Å². The molecule has 23 heavy (non-hydrogen) atoms. The number of nitrogens with one attached hydrogen (secondary N) is 1. The predicted octanol–water partition coefficient (Wildman–Crippen LogP) is 1.71. The van der Waals surface area contributed by atoms with Crippen LogP contribution in [0.15, 0.2) is 18.3 Å². The average molecular weight is 321 g/mol. The molecule has 1 aliphatic heterocycles. The van der Waals surface area contributed by atoms with Crippen molar-refractivity contribution in [2.24, 2.45) is 5.41 Å². The molecule has 0 spiro atoms. The number of hydrogen-bond acceptors (Lipinski definition) is 5. The number of carbonyl (C=O) groups is 1. The highest BCUT2D eigenvalue weighted by atomic mass is 16.5. The molecule has 1 fully saturated rings. The lowest BCUT2D eigenvalue weighted by Crippen LogP contribution is -2.49. The van der Waals surface area contributed by atoms with Gasteiger partial charge in [-0.1, -0.05) is 0 Å². The van der Waals surface area contributed by atoms with Crippen molar-refractivity contribution in [2.45, 2.75) is 32.7 Å². The van der Waals surface area contributed by atoms with Crippen LogP contribution in [0.3, 0.4) is 0 Å². The van der Waals surface area contributed by atoms with Crippen molar-refractivity contribution in [3.63, 3.8) is 0 Å². The summed E-state index contributed by atoms with van der Waals surface area (Å²) in [5, 5.41) is 3.15. The Morgan fingerprint density at radius 1 is 1.43 bits per heavy atom. The van der Waals surface area contributed by atoms with E-state index in [4.69, 9.17) is 9.47 Å². The highest BCUT2D eigenvalue weighted by molar-refractivity contribution is 5.82. The number of ether oxygens (including phenoxy) is 2. The van der Waals surface area contributed by atoms with Crippen LogP contribution in [0.5, 0.6) is 11.6 Å². The summed E-state index contributed by atoms with van der Waals surface area (Å²) < 4.78 is 10.9. The van der Waals surface area contributed by atoms with Gasteiger partial charge in [-0.2, -0.15) is 0 Å². The first kappa shape index (κ1) is 17.5. The molecule has 1 N–H and O–H groups in total. The van der Waals surface area contributed by atoms with Gasteiger partial charge >= 0.3 is 0 Å². The molecule has 1 amide bonds. The Kier molecular flexibility index (Phi) is 5.82. The Bertz CT molecular complexity index is 526. The molecule has 6 nitrogen and oxygen atoms in total. The largest absolute Gasteiger partial charge is 0.491 e. The third-order valence-corrected chi connectivity index (χ3v) is 4.19. The molecule has 0 atom stereocenters. The summed E-state index contributed by atoms with van der Waals surface area (Å²) in [5.74, 6) is 0.996. The first-order valence-corrected chi connectivity index (χ1v) is 8.03. The molecule has 1 aliphatic rings. The monoisotopic (exact) mass is 321 g/mol. The van der Waals surface area contributed by atoms with Gasteiger partial charge in [0, 0.05) is 12.2 Å². The van der Waals surface area contributed by atoms with E-state index in [0.29, 0.717) is 11.6 Å². The summed E-state index contributed by atoms with van der Waals surface area (Å²) in [6, 6.07) is 3.82. The standard InChI is InChI=1S/C17H27N3O3/c1-17(2,12-23-15-14(22-4)6-5-9-18-15)16(21)19-13-7-10-20(3)11-8-13/h5-6,9,13H,7-8,10-12H2,1-4H3,(H,19,21). The molecule has 0 aromatic carbocycles. The minimum absolute atomic E-state index is 0.0157. The van der Waals surface area contributed by atoms with Gasteiger partial charge in [-0.25, -0.2) is 4.98 Å². The third-order valence-electron chi connectivity index (χ3n) is 4.19. The molecule has 2 rings (SSSR count). The predicted molar refractivity (Wildman–Crippen MR) is 88.7 cm³/mol. The number of methoxy groups -OCH3 is 1. The molecular weight excluding hydrogens is 294 g/mol. The van der Waals surface area contributed by atoms with E-state index in [1.54, 1.807) is 25.4 Å². The molecule has 1 saturated heterocycles. The zero-order chi connectivity index (χ0) is 16.9. The van der Waals surface area contributed by atoms with Crippen molar-refractivity contribution in [1.82, 2.24) is 15.2 Å². The molecule has 2 heterocycles. The van der Waals surface area contributed by atoms with E-state index in [-0.39, 0.29) is 18.6 Å². The van der Waals surface area contributed by atoms with Gasteiger partial charge in [0.15, 0.2) is 5.75 Å². The fourth-order valence-corrected chi connectivity index (χ4v) is 2.49. The van der Waals surface area contributed by atoms with Gasteiger partial charge in [0.1, 0.15) is 6.61 Å². The lowest BCUT2D eigenvalue weighted by Gasteiger charge is -2.32. The van der Waals surface area contributed by atoms with Crippen LogP contribution in [-0.4, -0.2) is 55.7 Å². The van der Waals surface area contributed by atoms with Gasteiger partial charge < -0.3 is 19.7 Å². The van der Waals surface area contributed by atoms with Gasteiger partial charge in [0.05, 0.1) is 12.5 Å². The lowest BCUT2D eigenvalue weighted by molar-refractivity contribution is -0.132. The smallest absolute Gasteiger partial charge is 0.256 e. The summed E-state index contributed by atoms with van der Waals surface area (Å²) in [6.45, 7) is 6.05. The fourth-order valence-electron chi connectivity index (χ4n) is 2.49. The zero-order valence-electron chi connectivity index (χ0n) is 14.5. The van der Waals surface area contributed by atoms with E-state index in [2.05, 4.69) is 22.2 Å².